The number of likely N-dealkylation sites (tertiary alicyclic amines) is 1. The van der Waals surface area contributed by atoms with E-state index in [0.717, 1.165) is 12.8 Å². The lowest BCUT2D eigenvalue weighted by Crippen LogP contribution is -2.44. The first-order chi connectivity index (χ1) is 10.5. The molecular formula is C16H20N2O4. The molecule has 1 aromatic rings. The fraction of sp³-hybridized carbons (Fsp3) is 0.438. The van der Waals surface area contributed by atoms with Crippen molar-refractivity contribution in [3.05, 3.63) is 29.8 Å². The zero-order valence-corrected chi connectivity index (χ0v) is 12.8. The van der Waals surface area contributed by atoms with Gasteiger partial charge >= 0.3 is 17.8 Å². The summed E-state index contributed by atoms with van der Waals surface area (Å²) < 4.78 is 4.62. The number of hydrogen-bond acceptors (Lipinski definition) is 4. The van der Waals surface area contributed by atoms with Crippen molar-refractivity contribution in [2.75, 3.05) is 25.5 Å². The molecule has 2 amide bonds. The molecule has 1 aromatic carbocycles. The molecule has 6 nitrogen and oxygen atoms in total. The molecule has 0 spiro atoms. The molecule has 1 fully saturated rings. The summed E-state index contributed by atoms with van der Waals surface area (Å²) in [7, 11) is 1.29. The maximum atomic E-state index is 12.1. The van der Waals surface area contributed by atoms with Gasteiger partial charge in [-0.1, -0.05) is 13.0 Å². The van der Waals surface area contributed by atoms with Crippen LogP contribution in [0.1, 0.15) is 30.1 Å². The Morgan fingerprint density at radius 1 is 1.32 bits per heavy atom. The molecule has 1 atom stereocenters. The number of anilines is 1. The van der Waals surface area contributed by atoms with Crippen molar-refractivity contribution in [1.82, 2.24) is 4.90 Å². The average Bonchev–Trinajstić information content (AvgIpc) is 2.53. The standard InChI is InChI=1S/C16H20N2O4/c1-11-5-4-8-18(10-11)15(20)14(19)17-13-7-3-6-12(9-13)16(21)22-2/h3,6-7,9,11H,4-5,8,10H2,1-2H3,(H,17,19). The molecule has 1 aliphatic heterocycles. The quantitative estimate of drug-likeness (QED) is 0.666. The van der Waals surface area contributed by atoms with Crippen LogP contribution >= 0.6 is 0 Å². The lowest BCUT2D eigenvalue weighted by Gasteiger charge is -2.30. The zero-order chi connectivity index (χ0) is 16.1. The third-order valence-electron chi connectivity index (χ3n) is 3.68. The Morgan fingerprint density at radius 3 is 2.77 bits per heavy atom. The summed E-state index contributed by atoms with van der Waals surface area (Å²) in [5.74, 6) is -1.30. The number of rotatable bonds is 2. The van der Waals surface area contributed by atoms with E-state index in [4.69, 9.17) is 0 Å². The van der Waals surface area contributed by atoms with Gasteiger partial charge in [-0.05, 0) is 37.0 Å². The summed E-state index contributed by atoms with van der Waals surface area (Å²) in [6.07, 6.45) is 1.99. The number of benzene rings is 1. The molecule has 0 saturated carbocycles. The molecule has 0 aliphatic carbocycles. The van der Waals surface area contributed by atoms with Gasteiger partial charge in [0.25, 0.3) is 0 Å². The van der Waals surface area contributed by atoms with Crippen molar-refractivity contribution < 1.29 is 19.1 Å². The Bertz CT molecular complexity index is 585. The van der Waals surface area contributed by atoms with Crippen molar-refractivity contribution in [2.24, 2.45) is 5.92 Å². The Labute approximate surface area is 129 Å². The van der Waals surface area contributed by atoms with Crippen LogP contribution in [-0.2, 0) is 14.3 Å². The SMILES string of the molecule is COC(=O)c1cccc(NC(=O)C(=O)N2CCCC(C)C2)c1. The van der Waals surface area contributed by atoms with Crippen molar-refractivity contribution in [1.29, 1.82) is 0 Å². The molecule has 0 aromatic heterocycles. The Hall–Kier alpha value is -2.37. The number of carbonyl (C=O) groups excluding carboxylic acids is 3. The lowest BCUT2D eigenvalue weighted by molar-refractivity contribution is -0.144. The molecule has 1 saturated heterocycles. The van der Waals surface area contributed by atoms with Gasteiger partial charge in [0, 0.05) is 18.8 Å². The summed E-state index contributed by atoms with van der Waals surface area (Å²) in [4.78, 5) is 37.2. The third kappa shape index (κ3) is 3.84. The van der Waals surface area contributed by atoms with Crippen LogP contribution in [0.2, 0.25) is 0 Å². The Morgan fingerprint density at radius 2 is 2.09 bits per heavy atom. The van der Waals surface area contributed by atoms with Gasteiger partial charge in [-0.15, -0.1) is 0 Å². The van der Waals surface area contributed by atoms with Gasteiger partial charge < -0.3 is 15.0 Å². The average molecular weight is 304 g/mol. The Kier molecular flexibility index (Phi) is 5.14. The highest BCUT2D eigenvalue weighted by molar-refractivity contribution is 6.39. The predicted octanol–water partition coefficient (Wildman–Crippen LogP) is 1.67. The van der Waals surface area contributed by atoms with E-state index in [1.165, 1.54) is 13.2 Å². The lowest BCUT2D eigenvalue weighted by atomic mass is 10.0. The molecule has 1 N–H and O–H groups in total. The molecule has 1 heterocycles. The second kappa shape index (κ2) is 7.06. The number of nitrogens with one attached hydrogen (secondary N) is 1. The van der Waals surface area contributed by atoms with Crippen LogP contribution in [0, 0.1) is 5.92 Å². The van der Waals surface area contributed by atoms with E-state index in [2.05, 4.69) is 17.0 Å². The minimum absolute atomic E-state index is 0.319. The van der Waals surface area contributed by atoms with Crippen LogP contribution in [0.4, 0.5) is 5.69 Å². The molecule has 0 bridgehead atoms. The van der Waals surface area contributed by atoms with Crippen molar-refractivity contribution >= 4 is 23.5 Å². The summed E-state index contributed by atoms with van der Waals surface area (Å²) in [6.45, 7) is 3.28. The molecule has 2 rings (SSSR count). The first-order valence-electron chi connectivity index (χ1n) is 7.30. The minimum Gasteiger partial charge on any atom is -0.465 e. The van der Waals surface area contributed by atoms with Crippen LogP contribution in [0.25, 0.3) is 0 Å². The van der Waals surface area contributed by atoms with Crippen LogP contribution < -0.4 is 5.32 Å². The zero-order valence-electron chi connectivity index (χ0n) is 12.8. The third-order valence-corrected chi connectivity index (χ3v) is 3.68. The van der Waals surface area contributed by atoms with Crippen LogP contribution in [0.5, 0.6) is 0 Å². The molecular weight excluding hydrogens is 284 g/mol. The predicted molar refractivity (Wildman–Crippen MR) is 81.4 cm³/mol. The topological polar surface area (TPSA) is 75.7 Å². The number of ether oxygens (including phenoxy) is 1. The van der Waals surface area contributed by atoms with Crippen molar-refractivity contribution in [2.45, 2.75) is 19.8 Å². The van der Waals surface area contributed by atoms with Gasteiger partial charge in [-0.25, -0.2) is 4.79 Å². The monoisotopic (exact) mass is 304 g/mol. The first-order valence-corrected chi connectivity index (χ1v) is 7.30. The second-order valence-electron chi connectivity index (χ2n) is 5.53. The highest BCUT2D eigenvalue weighted by Gasteiger charge is 2.26. The smallest absolute Gasteiger partial charge is 0.337 e. The number of nitrogens with zero attached hydrogens (tertiary/aromatic N) is 1. The van der Waals surface area contributed by atoms with Crippen molar-refractivity contribution in [3.63, 3.8) is 0 Å². The van der Waals surface area contributed by atoms with Gasteiger partial charge in [-0.2, -0.15) is 0 Å². The summed E-state index contributed by atoms with van der Waals surface area (Å²) in [6, 6.07) is 6.30. The van der Waals surface area contributed by atoms with E-state index in [1.807, 2.05) is 0 Å². The highest BCUT2D eigenvalue weighted by atomic mass is 16.5. The van der Waals surface area contributed by atoms with Gasteiger partial charge in [0.1, 0.15) is 0 Å². The molecule has 6 heteroatoms. The number of carbonyl (C=O) groups is 3. The summed E-state index contributed by atoms with van der Waals surface area (Å²) in [5.41, 5.74) is 0.714. The molecule has 0 radical (unpaired) electrons. The normalized spacial score (nSPS) is 17.7. The minimum atomic E-state index is -0.684. The van der Waals surface area contributed by atoms with E-state index in [-0.39, 0.29) is 0 Å². The van der Waals surface area contributed by atoms with E-state index >= 15 is 0 Å². The maximum Gasteiger partial charge on any atom is 0.337 e. The number of piperidine rings is 1. The van der Waals surface area contributed by atoms with Gasteiger partial charge in [0.15, 0.2) is 0 Å². The van der Waals surface area contributed by atoms with Gasteiger partial charge in [0.05, 0.1) is 12.7 Å². The van der Waals surface area contributed by atoms with E-state index in [9.17, 15) is 14.4 Å². The van der Waals surface area contributed by atoms with Crippen LogP contribution in [0.15, 0.2) is 24.3 Å². The fourth-order valence-corrected chi connectivity index (χ4v) is 2.54. The number of hydrogen-bond donors (Lipinski definition) is 1. The maximum absolute atomic E-state index is 12.1. The van der Waals surface area contributed by atoms with E-state index < -0.39 is 17.8 Å². The Balaban J connectivity index is 2.02. The molecule has 22 heavy (non-hydrogen) atoms. The molecule has 118 valence electrons. The molecule has 1 aliphatic rings. The van der Waals surface area contributed by atoms with Crippen LogP contribution in [0.3, 0.4) is 0 Å². The van der Waals surface area contributed by atoms with E-state index in [1.54, 1.807) is 23.1 Å². The van der Waals surface area contributed by atoms with Gasteiger partial charge in [0.2, 0.25) is 0 Å². The number of amides is 2. The van der Waals surface area contributed by atoms with Crippen LogP contribution in [-0.4, -0.2) is 42.9 Å². The second-order valence-corrected chi connectivity index (χ2v) is 5.53. The summed E-state index contributed by atoms with van der Waals surface area (Å²) in [5, 5.41) is 2.54. The number of methoxy groups -OCH3 is 1. The summed E-state index contributed by atoms with van der Waals surface area (Å²) >= 11 is 0. The highest BCUT2D eigenvalue weighted by Crippen LogP contribution is 2.16. The van der Waals surface area contributed by atoms with Gasteiger partial charge in [-0.3, -0.25) is 9.59 Å². The van der Waals surface area contributed by atoms with E-state index in [0.29, 0.717) is 30.3 Å². The largest absolute Gasteiger partial charge is 0.465 e. The first kappa shape index (κ1) is 16.0. The fourth-order valence-electron chi connectivity index (χ4n) is 2.54. The number of esters is 1. The van der Waals surface area contributed by atoms with Crippen molar-refractivity contribution in [3.8, 4) is 0 Å². The molecule has 1 unspecified atom stereocenters.